The summed E-state index contributed by atoms with van der Waals surface area (Å²) in [6.07, 6.45) is 2.80. The maximum Gasteiger partial charge on any atom is 0.278 e. The molecule has 0 aromatic carbocycles. The molecule has 0 bridgehead atoms. The molecule has 126 valence electrons. The number of hydrazine groups is 1. The lowest BCUT2D eigenvalue weighted by Crippen LogP contribution is -2.34. The molecular formula is C15H23N5O2S. The summed E-state index contributed by atoms with van der Waals surface area (Å²) in [5, 5.41) is 0.698. The largest absolute Gasteiger partial charge is 0.330 e. The minimum Gasteiger partial charge on any atom is -0.330 e. The summed E-state index contributed by atoms with van der Waals surface area (Å²) in [6.45, 7) is 6.71. The highest BCUT2D eigenvalue weighted by Gasteiger charge is 2.17. The van der Waals surface area contributed by atoms with Crippen molar-refractivity contribution >= 4 is 28.7 Å². The number of nitrogens with one attached hydrogen (secondary N) is 1. The highest BCUT2D eigenvalue weighted by molar-refractivity contribution is 7.98. The molecule has 0 saturated carbocycles. The zero-order valence-corrected chi connectivity index (χ0v) is 14.7. The fourth-order valence-corrected chi connectivity index (χ4v) is 3.06. The number of aryl methyl sites for hydroxylation is 1. The van der Waals surface area contributed by atoms with E-state index in [1.165, 1.54) is 11.8 Å². The number of rotatable bonds is 6. The Kier molecular flexibility index (Phi) is 5.48. The van der Waals surface area contributed by atoms with Crippen molar-refractivity contribution in [1.82, 2.24) is 19.5 Å². The van der Waals surface area contributed by atoms with Crippen LogP contribution in [0.1, 0.15) is 26.0 Å². The van der Waals surface area contributed by atoms with Crippen LogP contribution in [0, 0.1) is 12.8 Å². The summed E-state index contributed by atoms with van der Waals surface area (Å²) in [4.78, 5) is 29.2. The number of amides is 1. The van der Waals surface area contributed by atoms with E-state index >= 15 is 0 Å². The average molecular weight is 337 g/mol. The Morgan fingerprint density at radius 1 is 1.43 bits per heavy atom. The fraction of sp³-hybridized carbons (Fsp3) is 0.533. The van der Waals surface area contributed by atoms with Crippen molar-refractivity contribution in [2.45, 2.75) is 45.4 Å². The Labute approximate surface area is 139 Å². The van der Waals surface area contributed by atoms with E-state index in [2.05, 4.69) is 24.3 Å². The van der Waals surface area contributed by atoms with E-state index in [4.69, 9.17) is 5.84 Å². The number of carbonyl (C=O) groups excluding carboxylic acids is 1. The van der Waals surface area contributed by atoms with Gasteiger partial charge in [0, 0.05) is 12.2 Å². The molecule has 7 nitrogen and oxygen atoms in total. The van der Waals surface area contributed by atoms with Crippen LogP contribution in [0.5, 0.6) is 0 Å². The Hall–Kier alpha value is -1.80. The van der Waals surface area contributed by atoms with E-state index in [0.717, 1.165) is 12.1 Å². The maximum atomic E-state index is 13.0. The first-order valence-electron chi connectivity index (χ1n) is 7.53. The molecule has 0 atom stereocenters. The number of thioether (sulfide) groups is 1. The van der Waals surface area contributed by atoms with Crippen LogP contribution < -0.4 is 16.8 Å². The Morgan fingerprint density at radius 2 is 2.13 bits per heavy atom. The molecule has 0 spiro atoms. The molecule has 0 radical (unpaired) electrons. The summed E-state index contributed by atoms with van der Waals surface area (Å²) in [7, 11) is 0. The van der Waals surface area contributed by atoms with Gasteiger partial charge in [-0.15, -0.1) is 0 Å². The molecular weight excluding hydrogens is 314 g/mol. The maximum absolute atomic E-state index is 13.0. The summed E-state index contributed by atoms with van der Waals surface area (Å²) in [5.74, 6) is 5.30. The summed E-state index contributed by atoms with van der Waals surface area (Å²) in [5.41, 5.74) is 3.86. The molecule has 1 amide bonds. The molecule has 0 saturated heterocycles. The minimum absolute atomic E-state index is 0.00550. The molecule has 3 N–H and O–H groups in total. The van der Waals surface area contributed by atoms with Crippen LogP contribution in [0.4, 0.5) is 0 Å². The van der Waals surface area contributed by atoms with Gasteiger partial charge in [0.25, 0.3) is 11.5 Å². The second kappa shape index (κ2) is 7.18. The topological polar surface area (TPSA) is 94.9 Å². The Balaban J connectivity index is 2.62. The number of aromatic nitrogens is 3. The van der Waals surface area contributed by atoms with Crippen molar-refractivity contribution in [3.63, 3.8) is 0 Å². The lowest BCUT2D eigenvalue weighted by molar-refractivity contribution is -0.121. The van der Waals surface area contributed by atoms with Gasteiger partial charge in [0.15, 0.2) is 5.16 Å². The monoisotopic (exact) mass is 337 g/mol. The number of hydrogen-bond acceptors (Lipinski definition) is 5. The number of fused-ring (bicyclic) bond motifs is 1. The van der Waals surface area contributed by atoms with Gasteiger partial charge in [-0.1, -0.05) is 25.6 Å². The number of nitrogens with two attached hydrogens (primary N) is 1. The highest BCUT2D eigenvalue weighted by atomic mass is 32.2. The minimum atomic E-state index is -0.354. The SMILES string of the molecule is CSc1nc2cc(C)n(CC(=O)NN)c2c(=O)n1CCC(C)C. The first-order valence-corrected chi connectivity index (χ1v) is 8.75. The molecule has 2 heterocycles. The standard InChI is InChI=1S/C15H23N5O2S/c1-9(2)5-6-19-14(22)13-11(17-15(19)23-4)7-10(3)20(13)8-12(21)18-16/h7,9H,5-6,8,16H2,1-4H3,(H,18,21). The molecule has 0 aliphatic carbocycles. The molecule has 2 aromatic rings. The van der Waals surface area contributed by atoms with Gasteiger partial charge in [-0.25, -0.2) is 10.8 Å². The van der Waals surface area contributed by atoms with Crippen LogP contribution in [0.15, 0.2) is 16.0 Å². The van der Waals surface area contributed by atoms with Crippen LogP contribution in [-0.2, 0) is 17.9 Å². The highest BCUT2D eigenvalue weighted by Crippen LogP contribution is 2.19. The van der Waals surface area contributed by atoms with Crippen molar-refractivity contribution in [1.29, 1.82) is 0 Å². The molecule has 0 aliphatic rings. The van der Waals surface area contributed by atoms with Crippen LogP contribution in [0.3, 0.4) is 0 Å². The molecule has 2 aromatic heterocycles. The van der Waals surface area contributed by atoms with Crippen LogP contribution in [0.2, 0.25) is 0 Å². The predicted molar refractivity (Wildman–Crippen MR) is 92.3 cm³/mol. The molecule has 2 rings (SSSR count). The number of carbonyl (C=O) groups is 1. The summed E-state index contributed by atoms with van der Waals surface area (Å²) >= 11 is 1.45. The molecule has 8 heteroatoms. The molecule has 0 aliphatic heterocycles. The fourth-order valence-electron chi connectivity index (χ4n) is 2.48. The van der Waals surface area contributed by atoms with Crippen LogP contribution in [-0.4, -0.2) is 26.3 Å². The van der Waals surface area contributed by atoms with Gasteiger partial charge in [-0.3, -0.25) is 19.6 Å². The lowest BCUT2D eigenvalue weighted by atomic mass is 10.1. The third-order valence-corrected chi connectivity index (χ3v) is 4.43. The van der Waals surface area contributed by atoms with E-state index in [-0.39, 0.29) is 18.0 Å². The lowest BCUT2D eigenvalue weighted by Gasteiger charge is -2.13. The second-order valence-electron chi connectivity index (χ2n) is 5.91. The van der Waals surface area contributed by atoms with E-state index in [1.807, 2.05) is 19.2 Å². The van der Waals surface area contributed by atoms with Crippen molar-refractivity contribution in [2.24, 2.45) is 11.8 Å². The molecule has 0 fully saturated rings. The Bertz CT molecular complexity index is 778. The van der Waals surface area contributed by atoms with E-state index in [9.17, 15) is 9.59 Å². The van der Waals surface area contributed by atoms with Crippen molar-refractivity contribution < 1.29 is 4.79 Å². The smallest absolute Gasteiger partial charge is 0.278 e. The van der Waals surface area contributed by atoms with Gasteiger partial charge in [0.2, 0.25) is 0 Å². The summed E-state index contributed by atoms with van der Waals surface area (Å²) < 4.78 is 3.37. The second-order valence-corrected chi connectivity index (χ2v) is 6.68. The van der Waals surface area contributed by atoms with Crippen molar-refractivity contribution in [3.8, 4) is 0 Å². The average Bonchev–Trinajstić information content (AvgIpc) is 2.81. The predicted octanol–water partition coefficient (Wildman–Crippen LogP) is 1.26. The Morgan fingerprint density at radius 3 is 2.70 bits per heavy atom. The van der Waals surface area contributed by atoms with E-state index in [0.29, 0.717) is 28.7 Å². The van der Waals surface area contributed by atoms with Gasteiger partial charge in [0.05, 0.1) is 5.52 Å². The van der Waals surface area contributed by atoms with Crippen molar-refractivity contribution in [2.75, 3.05) is 6.26 Å². The number of hydrogen-bond donors (Lipinski definition) is 2. The summed E-state index contributed by atoms with van der Waals surface area (Å²) in [6, 6.07) is 1.83. The van der Waals surface area contributed by atoms with Crippen LogP contribution in [0.25, 0.3) is 11.0 Å². The quantitative estimate of drug-likeness (QED) is 0.272. The van der Waals surface area contributed by atoms with Gasteiger partial charge >= 0.3 is 0 Å². The third-order valence-electron chi connectivity index (χ3n) is 3.75. The van der Waals surface area contributed by atoms with Gasteiger partial charge < -0.3 is 4.57 Å². The van der Waals surface area contributed by atoms with E-state index < -0.39 is 0 Å². The van der Waals surface area contributed by atoms with E-state index in [1.54, 1.807) is 9.13 Å². The zero-order valence-electron chi connectivity index (χ0n) is 13.9. The van der Waals surface area contributed by atoms with Crippen LogP contribution >= 0.6 is 11.8 Å². The first-order chi connectivity index (χ1) is 10.9. The van der Waals surface area contributed by atoms with Crippen molar-refractivity contribution in [3.05, 3.63) is 22.1 Å². The molecule has 0 unspecified atom stereocenters. The number of nitrogens with zero attached hydrogens (tertiary/aromatic N) is 3. The first kappa shape index (κ1) is 17.6. The third kappa shape index (κ3) is 3.59. The normalized spacial score (nSPS) is 11.4. The zero-order chi connectivity index (χ0) is 17.1. The molecule has 23 heavy (non-hydrogen) atoms. The van der Waals surface area contributed by atoms with Gasteiger partial charge in [0.1, 0.15) is 12.1 Å². The van der Waals surface area contributed by atoms with Gasteiger partial charge in [-0.05, 0) is 31.6 Å². The van der Waals surface area contributed by atoms with Gasteiger partial charge in [-0.2, -0.15) is 0 Å².